The van der Waals surface area contributed by atoms with Crippen LogP contribution in [0, 0.1) is 5.82 Å². The van der Waals surface area contributed by atoms with Gasteiger partial charge in [-0.05, 0) is 24.1 Å². The average Bonchev–Trinajstić information content (AvgIpc) is 2.91. The molecule has 142 valence electrons. The fourth-order valence-corrected chi connectivity index (χ4v) is 2.58. The Morgan fingerprint density at radius 3 is 2.72 bits per heavy atom. The molecule has 10 heteroatoms. The first-order valence-electron chi connectivity index (χ1n) is 7.50. The van der Waals surface area contributed by atoms with Crippen molar-refractivity contribution in [1.82, 2.24) is 15.5 Å². The number of aliphatic imine (C=N–C) groups is 1. The van der Waals surface area contributed by atoms with Crippen LogP contribution >= 0.6 is 24.0 Å². The topological polar surface area (TPSA) is 59.9 Å². The molecule has 2 rings (SSSR count). The summed E-state index contributed by atoms with van der Waals surface area (Å²) in [4.78, 5) is 5.36. The SMILES string of the molecule is CN=C(NCc1ccc(O)c(F)c1)NC1CCN(CC(F)(F)F)C1.I. The van der Waals surface area contributed by atoms with Crippen molar-refractivity contribution in [2.24, 2.45) is 4.99 Å². The van der Waals surface area contributed by atoms with Crippen LogP contribution in [0.25, 0.3) is 0 Å². The Morgan fingerprint density at radius 1 is 1.40 bits per heavy atom. The third kappa shape index (κ3) is 7.22. The first-order valence-corrected chi connectivity index (χ1v) is 7.50. The maximum absolute atomic E-state index is 13.3. The van der Waals surface area contributed by atoms with E-state index < -0.39 is 24.3 Å². The first kappa shape index (κ1) is 21.7. The van der Waals surface area contributed by atoms with Gasteiger partial charge in [-0.25, -0.2) is 4.39 Å². The molecule has 1 aromatic rings. The zero-order valence-corrected chi connectivity index (χ0v) is 15.9. The van der Waals surface area contributed by atoms with E-state index in [0.29, 0.717) is 24.5 Å². The van der Waals surface area contributed by atoms with Crippen LogP contribution in [-0.2, 0) is 6.54 Å². The average molecular weight is 476 g/mol. The van der Waals surface area contributed by atoms with E-state index in [9.17, 15) is 17.6 Å². The van der Waals surface area contributed by atoms with Gasteiger partial charge in [0.2, 0.25) is 0 Å². The molecule has 25 heavy (non-hydrogen) atoms. The Bertz CT molecular complexity index is 597. The number of aromatic hydroxyl groups is 1. The van der Waals surface area contributed by atoms with Crippen molar-refractivity contribution in [3.8, 4) is 5.75 Å². The number of alkyl halides is 3. The van der Waals surface area contributed by atoms with E-state index in [2.05, 4.69) is 15.6 Å². The maximum atomic E-state index is 13.3. The molecule has 0 amide bonds. The number of phenolic OH excluding ortho intramolecular Hbond substituents is 1. The summed E-state index contributed by atoms with van der Waals surface area (Å²) in [5.41, 5.74) is 0.610. The fraction of sp³-hybridized carbons (Fsp3) is 0.533. The highest BCUT2D eigenvalue weighted by Crippen LogP contribution is 2.20. The summed E-state index contributed by atoms with van der Waals surface area (Å²) in [5.74, 6) is -0.699. The number of hydrogen-bond acceptors (Lipinski definition) is 3. The van der Waals surface area contributed by atoms with E-state index in [1.807, 2.05) is 0 Å². The lowest BCUT2D eigenvalue weighted by Crippen LogP contribution is -2.44. The molecule has 1 aliphatic heterocycles. The van der Waals surface area contributed by atoms with Crippen molar-refractivity contribution in [2.75, 3.05) is 26.7 Å². The smallest absolute Gasteiger partial charge is 0.401 e. The minimum absolute atomic E-state index is 0. The van der Waals surface area contributed by atoms with Crippen molar-refractivity contribution in [2.45, 2.75) is 25.2 Å². The molecule has 5 nitrogen and oxygen atoms in total. The number of guanidine groups is 1. The summed E-state index contributed by atoms with van der Waals surface area (Å²) >= 11 is 0. The van der Waals surface area contributed by atoms with Crippen molar-refractivity contribution >= 4 is 29.9 Å². The van der Waals surface area contributed by atoms with Gasteiger partial charge in [0.25, 0.3) is 0 Å². The van der Waals surface area contributed by atoms with Crippen molar-refractivity contribution in [3.63, 3.8) is 0 Å². The van der Waals surface area contributed by atoms with Gasteiger partial charge in [0.05, 0.1) is 6.54 Å². The minimum Gasteiger partial charge on any atom is -0.505 e. The van der Waals surface area contributed by atoms with Crippen LogP contribution in [0.2, 0.25) is 0 Å². The molecular formula is C15H21F4IN4O. The third-order valence-corrected chi connectivity index (χ3v) is 3.71. The number of hydrogen-bond donors (Lipinski definition) is 3. The molecule has 0 saturated carbocycles. The van der Waals surface area contributed by atoms with Gasteiger partial charge < -0.3 is 15.7 Å². The van der Waals surface area contributed by atoms with Crippen molar-refractivity contribution in [3.05, 3.63) is 29.6 Å². The molecule has 1 aromatic carbocycles. The zero-order chi connectivity index (χ0) is 17.7. The molecule has 0 aliphatic carbocycles. The van der Waals surface area contributed by atoms with Gasteiger partial charge in [0.1, 0.15) is 0 Å². The third-order valence-electron chi connectivity index (χ3n) is 3.71. The molecule has 1 fully saturated rings. The standard InChI is InChI=1S/C15H20F4N4O.HI/c1-20-14(21-7-10-2-3-13(24)12(16)6-10)22-11-4-5-23(8-11)9-15(17,18)19;/h2-3,6,11,24H,4-5,7-9H2,1H3,(H2,20,21,22);1H. The zero-order valence-electron chi connectivity index (χ0n) is 13.6. The Morgan fingerprint density at radius 2 is 2.12 bits per heavy atom. The lowest BCUT2D eigenvalue weighted by Gasteiger charge is -2.19. The quantitative estimate of drug-likeness (QED) is 0.271. The van der Waals surface area contributed by atoms with Crippen LogP contribution in [0.15, 0.2) is 23.2 Å². The molecular weight excluding hydrogens is 455 g/mol. The monoisotopic (exact) mass is 476 g/mol. The molecule has 1 aliphatic rings. The Balaban J connectivity index is 0.00000312. The Labute approximate surface area is 160 Å². The van der Waals surface area contributed by atoms with Crippen LogP contribution in [0.4, 0.5) is 17.6 Å². The van der Waals surface area contributed by atoms with E-state index in [4.69, 9.17) is 5.11 Å². The fourth-order valence-electron chi connectivity index (χ4n) is 2.58. The number of benzene rings is 1. The molecule has 1 heterocycles. The van der Waals surface area contributed by atoms with Crippen LogP contribution in [0.1, 0.15) is 12.0 Å². The highest BCUT2D eigenvalue weighted by Gasteiger charge is 2.34. The van der Waals surface area contributed by atoms with E-state index in [1.165, 1.54) is 17.0 Å². The summed E-state index contributed by atoms with van der Waals surface area (Å²) in [6.07, 6.45) is -3.61. The highest BCUT2D eigenvalue weighted by atomic mass is 127. The predicted molar refractivity (Wildman–Crippen MR) is 97.7 cm³/mol. The maximum Gasteiger partial charge on any atom is 0.401 e. The summed E-state index contributed by atoms with van der Waals surface area (Å²) in [6.45, 7) is 0.0191. The van der Waals surface area contributed by atoms with Gasteiger partial charge in [-0.15, -0.1) is 24.0 Å². The molecule has 0 spiro atoms. The summed E-state index contributed by atoms with van der Waals surface area (Å²) < 4.78 is 50.4. The van der Waals surface area contributed by atoms with Gasteiger partial charge in [0, 0.05) is 32.7 Å². The number of rotatable bonds is 4. The molecule has 1 saturated heterocycles. The second kappa shape index (κ2) is 9.41. The number of likely N-dealkylation sites (tertiary alicyclic amines) is 1. The van der Waals surface area contributed by atoms with Crippen LogP contribution in [0.5, 0.6) is 5.75 Å². The normalized spacial score (nSPS) is 18.8. The van der Waals surface area contributed by atoms with Gasteiger partial charge in [-0.3, -0.25) is 9.89 Å². The minimum atomic E-state index is -4.20. The molecule has 1 atom stereocenters. The van der Waals surface area contributed by atoms with E-state index in [0.717, 1.165) is 0 Å². The van der Waals surface area contributed by atoms with Crippen LogP contribution in [-0.4, -0.2) is 54.9 Å². The molecule has 3 N–H and O–H groups in total. The van der Waals surface area contributed by atoms with E-state index in [-0.39, 0.29) is 43.1 Å². The van der Waals surface area contributed by atoms with Gasteiger partial charge in [0.15, 0.2) is 17.5 Å². The Kier molecular flexibility index (Phi) is 8.19. The molecule has 0 bridgehead atoms. The highest BCUT2D eigenvalue weighted by molar-refractivity contribution is 14.0. The summed E-state index contributed by atoms with van der Waals surface area (Å²) in [5, 5.41) is 15.2. The van der Waals surface area contributed by atoms with Gasteiger partial charge in [-0.2, -0.15) is 13.2 Å². The Hall–Kier alpha value is -1.30. The molecule has 0 aromatic heterocycles. The van der Waals surface area contributed by atoms with Crippen molar-refractivity contribution in [1.29, 1.82) is 0 Å². The first-order chi connectivity index (χ1) is 11.3. The largest absolute Gasteiger partial charge is 0.505 e. The molecule has 0 radical (unpaired) electrons. The summed E-state index contributed by atoms with van der Waals surface area (Å²) in [6, 6.07) is 3.90. The number of phenols is 1. The predicted octanol–water partition coefficient (Wildman–Crippen LogP) is 2.45. The molecule has 1 unspecified atom stereocenters. The van der Waals surface area contributed by atoms with E-state index >= 15 is 0 Å². The van der Waals surface area contributed by atoms with Crippen LogP contribution in [0.3, 0.4) is 0 Å². The van der Waals surface area contributed by atoms with Gasteiger partial charge in [-0.1, -0.05) is 6.07 Å². The lowest BCUT2D eigenvalue weighted by atomic mass is 10.2. The number of nitrogens with zero attached hydrogens (tertiary/aromatic N) is 2. The summed E-state index contributed by atoms with van der Waals surface area (Å²) in [7, 11) is 1.55. The lowest BCUT2D eigenvalue weighted by molar-refractivity contribution is -0.143. The second-order valence-electron chi connectivity index (χ2n) is 5.69. The van der Waals surface area contributed by atoms with Crippen molar-refractivity contribution < 1.29 is 22.7 Å². The number of halogens is 5. The van der Waals surface area contributed by atoms with Gasteiger partial charge >= 0.3 is 6.18 Å². The van der Waals surface area contributed by atoms with Crippen LogP contribution < -0.4 is 10.6 Å². The number of nitrogens with one attached hydrogen (secondary N) is 2. The second-order valence-corrected chi connectivity index (χ2v) is 5.69. The van der Waals surface area contributed by atoms with E-state index in [1.54, 1.807) is 13.1 Å².